The Bertz CT molecular complexity index is 1310. The third-order valence-corrected chi connectivity index (χ3v) is 7.88. The summed E-state index contributed by atoms with van der Waals surface area (Å²) in [5.74, 6) is -0.395. The summed E-state index contributed by atoms with van der Waals surface area (Å²) in [6, 6.07) is 15.6. The Morgan fingerprint density at radius 3 is 2.48 bits per heavy atom. The molecule has 3 aromatic rings. The Balaban J connectivity index is 1.67. The summed E-state index contributed by atoms with van der Waals surface area (Å²) in [5.41, 5.74) is 1.41. The molecule has 0 saturated heterocycles. The Hall–Kier alpha value is -2.40. The molecule has 162 valence electrons. The molecule has 0 aliphatic heterocycles. The maximum Gasteiger partial charge on any atom is 0.254 e. The summed E-state index contributed by atoms with van der Waals surface area (Å²) in [4.78, 5) is 12.5. The van der Waals surface area contributed by atoms with Crippen LogP contribution in [0.15, 0.2) is 59.4 Å². The lowest BCUT2D eigenvalue weighted by atomic mass is 10.1. The molecule has 1 aromatic heterocycles. The Morgan fingerprint density at radius 2 is 1.81 bits per heavy atom. The predicted octanol–water partition coefficient (Wildman–Crippen LogP) is 4.48. The number of benzene rings is 2. The van der Waals surface area contributed by atoms with Crippen LogP contribution in [0.1, 0.15) is 23.5 Å². The number of nitrogens with zero attached hydrogens (tertiary/aromatic N) is 1. The lowest BCUT2D eigenvalue weighted by Crippen LogP contribution is -2.26. The van der Waals surface area contributed by atoms with E-state index in [4.69, 9.17) is 0 Å². The SMILES string of the molecule is Cc1cc(NS(=O)(=O)C2CC2c2ccccc2)c(Nc2ccc(I)cc2F)n(C)c1=O. The third kappa shape index (κ3) is 4.47. The minimum absolute atomic E-state index is 0.0719. The molecule has 9 heteroatoms. The molecule has 1 saturated carbocycles. The first kappa shape index (κ1) is 21.8. The molecule has 0 radical (unpaired) electrons. The molecule has 2 atom stereocenters. The van der Waals surface area contributed by atoms with E-state index in [2.05, 4.69) is 10.0 Å². The van der Waals surface area contributed by atoms with Crippen LogP contribution in [0.3, 0.4) is 0 Å². The lowest BCUT2D eigenvalue weighted by Gasteiger charge is -2.19. The van der Waals surface area contributed by atoms with Gasteiger partial charge in [-0.15, -0.1) is 0 Å². The van der Waals surface area contributed by atoms with Gasteiger partial charge in [0.05, 0.1) is 16.6 Å². The van der Waals surface area contributed by atoms with E-state index in [9.17, 15) is 17.6 Å². The van der Waals surface area contributed by atoms with Crippen LogP contribution in [-0.4, -0.2) is 18.2 Å². The smallest absolute Gasteiger partial charge is 0.254 e. The summed E-state index contributed by atoms with van der Waals surface area (Å²) in [5, 5.41) is 2.33. The maximum atomic E-state index is 14.4. The van der Waals surface area contributed by atoms with Gasteiger partial charge in [-0.25, -0.2) is 12.8 Å². The van der Waals surface area contributed by atoms with Crippen molar-refractivity contribution in [2.24, 2.45) is 7.05 Å². The summed E-state index contributed by atoms with van der Waals surface area (Å²) in [6.07, 6.45) is 0.526. The third-order valence-electron chi connectivity index (χ3n) is 5.39. The van der Waals surface area contributed by atoms with Gasteiger partial charge in [-0.05, 0) is 65.8 Å². The van der Waals surface area contributed by atoms with Crippen LogP contribution in [0.5, 0.6) is 0 Å². The first-order chi connectivity index (χ1) is 14.7. The highest BCUT2D eigenvalue weighted by Gasteiger charge is 2.48. The van der Waals surface area contributed by atoms with Crippen molar-refractivity contribution in [3.63, 3.8) is 0 Å². The van der Waals surface area contributed by atoms with E-state index in [0.717, 1.165) is 9.13 Å². The van der Waals surface area contributed by atoms with Crippen molar-refractivity contribution in [3.05, 3.63) is 85.5 Å². The first-order valence-corrected chi connectivity index (χ1v) is 12.3. The number of nitrogens with one attached hydrogen (secondary N) is 2. The van der Waals surface area contributed by atoms with E-state index >= 15 is 0 Å². The molecular formula is C22H21FIN3O3S. The summed E-state index contributed by atoms with van der Waals surface area (Å²) >= 11 is 2.00. The van der Waals surface area contributed by atoms with Crippen molar-refractivity contribution in [1.29, 1.82) is 0 Å². The number of hydrogen-bond acceptors (Lipinski definition) is 4. The number of pyridine rings is 1. The van der Waals surface area contributed by atoms with E-state index in [0.29, 0.717) is 12.0 Å². The van der Waals surface area contributed by atoms with Crippen molar-refractivity contribution in [3.8, 4) is 0 Å². The highest BCUT2D eigenvalue weighted by Crippen LogP contribution is 2.46. The number of rotatable bonds is 6. The van der Waals surface area contributed by atoms with Crippen LogP contribution in [0, 0.1) is 16.3 Å². The molecule has 1 heterocycles. The molecule has 1 aliphatic rings. The van der Waals surface area contributed by atoms with Crippen molar-refractivity contribution < 1.29 is 12.8 Å². The number of aromatic nitrogens is 1. The quantitative estimate of drug-likeness (QED) is 0.442. The van der Waals surface area contributed by atoms with Gasteiger partial charge in [-0.1, -0.05) is 30.3 Å². The maximum absolute atomic E-state index is 14.4. The monoisotopic (exact) mass is 553 g/mol. The molecule has 2 aromatic carbocycles. The Kier molecular flexibility index (Phi) is 5.82. The van der Waals surface area contributed by atoms with Gasteiger partial charge in [0.1, 0.15) is 11.6 Å². The summed E-state index contributed by atoms with van der Waals surface area (Å²) in [6.45, 7) is 1.61. The molecule has 2 N–H and O–H groups in total. The van der Waals surface area contributed by atoms with E-state index < -0.39 is 21.1 Å². The van der Waals surface area contributed by atoms with Gasteiger partial charge >= 0.3 is 0 Å². The second-order valence-electron chi connectivity index (χ2n) is 7.64. The highest BCUT2D eigenvalue weighted by atomic mass is 127. The Morgan fingerprint density at radius 1 is 1.10 bits per heavy atom. The average Bonchev–Trinajstić information content (AvgIpc) is 3.53. The average molecular weight is 553 g/mol. The normalized spacial score (nSPS) is 17.9. The van der Waals surface area contributed by atoms with Crippen molar-refractivity contribution in [2.45, 2.75) is 24.5 Å². The zero-order chi connectivity index (χ0) is 22.3. The van der Waals surface area contributed by atoms with Gasteiger partial charge in [0, 0.05) is 22.1 Å². The van der Waals surface area contributed by atoms with Gasteiger partial charge in [-0.3, -0.25) is 14.1 Å². The molecule has 4 rings (SSSR count). The van der Waals surface area contributed by atoms with E-state index in [-0.39, 0.29) is 28.7 Å². The van der Waals surface area contributed by atoms with Crippen LogP contribution in [0.25, 0.3) is 0 Å². The Labute approximate surface area is 193 Å². The van der Waals surface area contributed by atoms with Crippen LogP contribution in [0.2, 0.25) is 0 Å². The fraction of sp³-hybridized carbons (Fsp3) is 0.227. The first-order valence-electron chi connectivity index (χ1n) is 9.66. The second kappa shape index (κ2) is 8.27. The number of halogens is 2. The molecule has 0 spiro atoms. The van der Waals surface area contributed by atoms with Crippen LogP contribution >= 0.6 is 22.6 Å². The lowest BCUT2D eigenvalue weighted by molar-refractivity contribution is 0.599. The number of anilines is 3. The topological polar surface area (TPSA) is 80.2 Å². The fourth-order valence-corrected chi connectivity index (χ4v) is 5.75. The summed E-state index contributed by atoms with van der Waals surface area (Å²) < 4.78 is 45.2. The molecule has 0 amide bonds. The number of hydrogen-bond donors (Lipinski definition) is 2. The molecule has 1 aliphatic carbocycles. The van der Waals surface area contributed by atoms with E-state index in [1.807, 2.05) is 52.9 Å². The zero-order valence-electron chi connectivity index (χ0n) is 16.9. The summed E-state index contributed by atoms with van der Waals surface area (Å²) in [7, 11) is -2.20. The van der Waals surface area contributed by atoms with Gasteiger partial charge in [-0.2, -0.15) is 0 Å². The standard InChI is InChI=1S/C22H21FIN3O3S/c1-13-10-19(26-31(29,30)20-12-16(20)14-6-4-3-5-7-14)21(27(2)22(13)28)25-18-9-8-15(24)11-17(18)23/h3-11,16,20,25-26H,12H2,1-2H3. The van der Waals surface area contributed by atoms with Gasteiger partial charge in [0.2, 0.25) is 10.0 Å². The van der Waals surface area contributed by atoms with Crippen LogP contribution in [-0.2, 0) is 17.1 Å². The molecule has 31 heavy (non-hydrogen) atoms. The predicted molar refractivity (Wildman–Crippen MR) is 129 cm³/mol. The minimum atomic E-state index is -3.72. The largest absolute Gasteiger partial charge is 0.337 e. The number of aryl methyl sites for hydroxylation is 1. The molecular weight excluding hydrogens is 532 g/mol. The van der Waals surface area contributed by atoms with E-state index in [1.165, 1.54) is 23.7 Å². The van der Waals surface area contributed by atoms with Gasteiger partial charge < -0.3 is 5.32 Å². The molecule has 1 fully saturated rings. The van der Waals surface area contributed by atoms with Crippen LogP contribution in [0.4, 0.5) is 21.6 Å². The zero-order valence-corrected chi connectivity index (χ0v) is 19.9. The van der Waals surface area contributed by atoms with Crippen LogP contribution < -0.4 is 15.6 Å². The number of sulfonamides is 1. The fourth-order valence-electron chi connectivity index (χ4n) is 3.64. The van der Waals surface area contributed by atoms with Gasteiger partial charge in [0.15, 0.2) is 0 Å². The molecule has 6 nitrogen and oxygen atoms in total. The van der Waals surface area contributed by atoms with Crippen molar-refractivity contribution in [2.75, 3.05) is 10.0 Å². The molecule has 0 bridgehead atoms. The van der Waals surface area contributed by atoms with E-state index in [1.54, 1.807) is 19.1 Å². The highest BCUT2D eigenvalue weighted by molar-refractivity contribution is 14.1. The second-order valence-corrected chi connectivity index (χ2v) is 10.8. The minimum Gasteiger partial charge on any atom is -0.337 e. The van der Waals surface area contributed by atoms with Crippen molar-refractivity contribution >= 4 is 49.8 Å². The molecule has 2 unspecified atom stereocenters. The van der Waals surface area contributed by atoms with Crippen molar-refractivity contribution in [1.82, 2.24) is 4.57 Å². The van der Waals surface area contributed by atoms with Gasteiger partial charge in [0.25, 0.3) is 5.56 Å².